The summed E-state index contributed by atoms with van der Waals surface area (Å²) in [5.41, 5.74) is 0. The van der Waals surface area contributed by atoms with Crippen LogP contribution in [0, 0.1) is 0 Å². The Morgan fingerprint density at radius 3 is 1.17 bits per heavy atom. The molecular weight excluding hydrogens is 320 g/mol. The maximum Gasteiger partial charge on any atom is 0.306 e. The summed E-state index contributed by atoms with van der Waals surface area (Å²) in [5, 5.41) is 14.8. The summed E-state index contributed by atoms with van der Waals surface area (Å²) >= 11 is 0. The van der Waals surface area contributed by atoms with Gasteiger partial charge in [0.2, 0.25) is 0 Å². The van der Waals surface area contributed by atoms with Crippen LogP contribution in [0.5, 0.6) is 0 Å². The predicted molar refractivity (Wildman–Crippen MR) is 87.6 cm³/mol. The van der Waals surface area contributed by atoms with Crippen molar-refractivity contribution in [2.45, 2.75) is 66.2 Å². The van der Waals surface area contributed by atoms with Crippen molar-refractivity contribution < 1.29 is 38.9 Å². The van der Waals surface area contributed by atoms with Crippen LogP contribution in [0.15, 0.2) is 0 Å². The van der Waals surface area contributed by atoms with Gasteiger partial charge in [0.1, 0.15) is 0 Å². The number of aliphatic carboxylic acids is 2. The average molecular weight is 350 g/mol. The van der Waals surface area contributed by atoms with Crippen molar-refractivity contribution in [3.8, 4) is 0 Å². The highest BCUT2D eigenvalue weighted by atomic mass is 16.5. The molecule has 8 heteroatoms. The van der Waals surface area contributed by atoms with Gasteiger partial charge in [-0.1, -0.05) is 26.7 Å². The molecule has 2 N–H and O–H groups in total. The average Bonchev–Trinajstić information content (AvgIpc) is 2.44. The van der Waals surface area contributed by atoms with Gasteiger partial charge < -0.3 is 19.7 Å². The third-order valence-corrected chi connectivity index (χ3v) is 2.06. The lowest BCUT2D eigenvalue weighted by Crippen LogP contribution is -2.11. The molecule has 0 saturated carbocycles. The van der Waals surface area contributed by atoms with Crippen LogP contribution in [0.1, 0.15) is 66.2 Å². The first kappa shape index (κ1) is 26.8. The third kappa shape index (κ3) is 42.7. The molecular formula is C16H30O8. The molecule has 0 amide bonds. The van der Waals surface area contributed by atoms with Gasteiger partial charge in [0.15, 0.2) is 0 Å². The molecule has 0 atom stereocenters. The molecule has 0 spiro atoms. The number of hydrogen-bond acceptors (Lipinski definition) is 6. The van der Waals surface area contributed by atoms with Gasteiger partial charge in [-0.3, -0.25) is 19.2 Å². The first-order valence-corrected chi connectivity index (χ1v) is 7.87. The fourth-order valence-corrected chi connectivity index (χ4v) is 1.01. The molecule has 0 aliphatic rings. The van der Waals surface area contributed by atoms with E-state index in [1.54, 1.807) is 0 Å². The van der Waals surface area contributed by atoms with Crippen molar-refractivity contribution in [1.29, 1.82) is 0 Å². The third-order valence-electron chi connectivity index (χ3n) is 2.06. The minimum Gasteiger partial charge on any atom is -0.481 e. The Labute approximate surface area is 143 Å². The van der Waals surface area contributed by atoms with Gasteiger partial charge >= 0.3 is 11.9 Å². The molecule has 0 heterocycles. The number of esters is 2. The predicted octanol–water partition coefficient (Wildman–Crippen LogP) is 2.64. The van der Waals surface area contributed by atoms with E-state index in [2.05, 4.69) is 0 Å². The molecule has 8 nitrogen and oxygen atoms in total. The Morgan fingerprint density at radius 1 is 0.708 bits per heavy atom. The van der Waals surface area contributed by atoms with Crippen molar-refractivity contribution in [2.24, 2.45) is 0 Å². The monoisotopic (exact) mass is 350 g/mol. The van der Waals surface area contributed by atoms with Crippen LogP contribution in [-0.2, 0) is 28.7 Å². The number of carboxylic acids is 2. The number of unbranched alkanes of at least 4 members (excludes halogenated alkanes) is 2. The zero-order chi connectivity index (χ0) is 19.4. The van der Waals surface area contributed by atoms with E-state index in [9.17, 15) is 9.59 Å². The Balaban J connectivity index is -0.000000457. The molecule has 0 rings (SSSR count). The van der Waals surface area contributed by atoms with Gasteiger partial charge in [-0.15, -0.1) is 0 Å². The largest absolute Gasteiger partial charge is 0.481 e. The van der Waals surface area contributed by atoms with Crippen LogP contribution in [-0.4, -0.2) is 47.3 Å². The molecule has 0 aliphatic carbocycles. The van der Waals surface area contributed by atoms with Crippen molar-refractivity contribution in [2.75, 3.05) is 13.2 Å². The number of hydrogen-bond donors (Lipinski definition) is 2. The lowest BCUT2D eigenvalue weighted by Gasteiger charge is -2.04. The number of rotatable bonds is 9. The maximum absolute atomic E-state index is 11.1. The first-order chi connectivity index (χ1) is 11.2. The molecule has 24 heavy (non-hydrogen) atoms. The summed E-state index contributed by atoms with van der Waals surface area (Å²) in [5.74, 6) is -2.30. The molecule has 0 aromatic rings. The molecule has 0 unspecified atom stereocenters. The topological polar surface area (TPSA) is 127 Å². The van der Waals surface area contributed by atoms with Gasteiger partial charge in [-0.25, -0.2) is 0 Å². The molecule has 0 fully saturated rings. The normalized spacial score (nSPS) is 8.67. The Morgan fingerprint density at radius 2 is 0.958 bits per heavy atom. The van der Waals surface area contributed by atoms with E-state index in [1.165, 1.54) is 0 Å². The number of carbonyl (C=O) groups is 4. The minimum absolute atomic E-state index is 0.120. The minimum atomic E-state index is -0.833. The first-order valence-electron chi connectivity index (χ1n) is 7.87. The zero-order valence-corrected chi connectivity index (χ0v) is 15.0. The maximum atomic E-state index is 11.1. The van der Waals surface area contributed by atoms with Gasteiger partial charge in [-0.05, 0) is 12.8 Å². The quantitative estimate of drug-likeness (QED) is 0.480. The number of ether oxygens (including phenoxy) is 2. The molecule has 0 saturated heterocycles. The van der Waals surface area contributed by atoms with E-state index < -0.39 is 11.9 Å². The molecule has 0 bridgehead atoms. The van der Waals surface area contributed by atoms with Crippen molar-refractivity contribution in [3.05, 3.63) is 0 Å². The number of carboxylic acid groups (broad SMARTS) is 2. The summed E-state index contributed by atoms with van der Waals surface area (Å²) in [6, 6.07) is 0. The standard InChI is InChI=1S/C12H22O4.2C2H4O2/c1-3-5-9-15-11(13)7-8-12(14)16-10-6-4-2;2*1-2(3)4/h3-10H2,1-2H3;2*1H3,(H,3,4). The van der Waals surface area contributed by atoms with Crippen LogP contribution in [0.3, 0.4) is 0 Å². The van der Waals surface area contributed by atoms with E-state index in [-0.39, 0.29) is 24.8 Å². The van der Waals surface area contributed by atoms with Crippen LogP contribution in [0.2, 0.25) is 0 Å². The highest BCUT2D eigenvalue weighted by Crippen LogP contribution is 1.99. The highest BCUT2D eigenvalue weighted by Gasteiger charge is 2.08. The van der Waals surface area contributed by atoms with E-state index in [0.29, 0.717) is 13.2 Å². The van der Waals surface area contributed by atoms with E-state index in [0.717, 1.165) is 39.5 Å². The van der Waals surface area contributed by atoms with Gasteiger partial charge in [0, 0.05) is 13.8 Å². The zero-order valence-electron chi connectivity index (χ0n) is 15.0. The second-order valence-corrected chi connectivity index (χ2v) is 4.69. The van der Waals surface area contributed by atoms with E-state index in [1.807, 2.05) is 13.8 Å². The summed E-state index contributed by atoms with van der Waals surface area (Å²) in [6.07, 6.45) is 3.96. The summed E-state index contributed by atoms with van der Waals surface area (Å²) < 4.78 is 9.82. The molecule has 0 aliphatic heterocycles. The van der Waals surface area contributed by atoms with E-state index in [4.69, 9.17) is 29.3 Å². The van der Waals surface area contributed by atoms with Crippen LogP contribution in [0.4, 0.5) is 0 Å². The smallest absolute Gasteiger partial charge is 0.306 e. The van der Waals surface area contributed by atoms with Crippen LogP contribution in [0.25, 0.3) is 0 Å². The fraction of sp³-hybridized carbons (Fsp3) is 0.750. The Hall–Kier alpha value is -2.12. The Kier molecular flexibility index (Phi) is 23.3. The fourth-order valence-electron chi connectivity index (χ4n) is 1.01. The lowest BCUT2D eigenvalue weighted by molar-refractivity contribution is -0.150. The highest BCUT2D eigenvalue weighted by molar-refractivity contribution is 5.77. The van der Waals surface area contributed by atoms with Crippen molar-refractivity contribution in [1.82, 2.24) is 0 Å². The number of carbonyl (C=O) groups excluding carboxylic acids is 2. The molecule has 0 radical (unpaired) electrons. The molecule has 0 aromatic carbocycles. The summed E-state index contributed by atoms with van der Waals surface area (Å²) in [7, 11) is 0. The Bertz CT molecular complexity index is 310. The van der Waals surface area contributed by atoms with Crippen LogP contribution >= 0.6 is 0 Å². The van der Waals surface area contributed by atoms with Crippen molar-refractivity contribution in [3.63, 3.8) is 0 Å². The lowest BCUT2D eigenvalue weighted by atomic mass is 10.3. The van der Waals surface area contributed by atoms with E-state index >= 15 is 0 Å². The molecule has 142 valence electrons. The van der Waals surface area contributed by atoms with Gasteiger partial charge in [-0.2, -0.15) is 0 Å². The SMILES string of the molecule is CC(=O)O.CC(=O)O.CCCCOC(=O)CCC(=O)OCCCC. The van der Waals surface area contributed by atoms with Crippen molar-refractivity contribution >= 4 is 23.9 Å². The summed E-state index contributed by atoms with van der Waals surface area (Å²) in [6.45, 7) is 7.11. The molecule has 0 aromatic heterocycles. The van der Waals surface area contributed by atoms with Gasteiger partial charge in [0.25, 0.3) is 11.9 Å². The second kappa shape index (κ2) is 20.9. The summed E-state index contributed by atoms with van der Waals surface area (Å²) in [4.78, 5) is 40.2. The van der Waals surface area contributed by atoms with Crippen LogP contribution < -0.4 is 0 Å². The second-order valence-electron chi connectivity index (χ2n) is 4.69. The van der Waals surface area contributed by atoms with Gasteiger partial charge in [0.05, 0.1) is 26.1 Å².